The average molecular weight is 720 g/mol. The molecule has 0 saturated heterocycles. The molecule has 0 unspecified atom stereocenters. The first-order valence-electron chi connectivity index (χ1n) is 15.3. The highest BCUT2D eigenvalue weighted by Crippen LogP contribution is 2.38. The van der Waals surface area contributed by atoms with E-state index in [1.807, 2.05) is 32.2 Å². The molecule has 13 nitrogen and oxygen atoms in total. The number of carbonyl (C=O) groups excluding carboxylic acids is 2. The van der Waals surface area contributed by atoms with E-state index in [0.717, 1.165) is 23.2 Å². The molecule has 5 N–H and O–H groups in total. The lowest BCUT2D eigenvalue weighted by Gasteiger charge is -2.33. The molecule has 0 bridgehead atoms. The average Bonchev–Trinajstić information content (AvgIpc) is 3.05. The Balaban J connectivity index is 1.26. The van der Waals surface area contributed by atoms with Crippen LogP contribution in [0.3, 0.4) is 0 Å². The number of hydrogen-bond acceptors (Lipinski definition) is 10. The van der Waals surface area contributed by atoms with Gasteiger partial charge in [-0.25, -0.2) is 13.1 Å². The van der Waals surface area contributed by atoms with Crippen LogP contribution in [0.15, 0.2) is 41.3 Å². The number of aliphatic hydroxyl groups excluding tert-OH is 2. The quantitative estimate of drug-likeness (QED) is 0.125. The van der Waals surface area contributed by atoms with Crippen LogP contribution in [0, 0.1) is 0 Å². The second-order valence-electron chi connectivity index (χ2n) is 11.0. The molecule has 2 aromatic carbocycles. The molecule has 1 aliphatic rings. The van der Waals surface area contributed by atoms with Crippen molar-refractivity contribution in [2.75, 3.05) is 72.9 Å². The molecule has 262 valence electrons. The first-order valence-corrected chi connectivity index (χ1v) is 17.6. The highest BCUT2D eigenvalue weighted by Gasteiger charge is 2.30. The molecular weight excluding hydrogens is 675 g/mol. The van der Waals surface area contributed by atoms with Crippen molar-refractivity contribution in [2.24, 2.45) is 0 Å². The maximum absolute atomic E-state index is 12.8. The van der Waals surface area contributed by atoms with Crippen molar-refractivity contribution in [3.05, 3.63) is 63.1 Å². The molecular formula is C31H44Cl2N4O9S. The molecule has 47 heavy (non-hydrogen) atoms. The van der Waals surface area contributed by atoms with E-state index >= 15 is 0 Å². The Morgan fingerprint density at radius 1 is 0.894 bits per heavy atom. The number of carbonyl (C=O) groups is 2. The Kier molecular flexibility index (Phi) is 16.3. The number of rotatable bonds is 20. The summed E-state index contributed by atoms with van der Waals surface area (Å²) in [5, 5.41) is 25.5. The lowest BCUT2D eigenvalue weighted by molar-refractivity contribution is -0.146. The molecule has 1 heterocycles. The van der Waals surface area contributed by atoms with E-state index < -0.39 is 34.0 Å². The van der Waals surface area contributed by atoms with Gasteiger partial charge in [-0.15, -0.1) is 0 Å². The topological polar surface area (TPSA) is 176 Å². The van der Waals surface area contributed by atoms with Crippen LogP contribution in [0.25, 0.3) is 0 Å². The monoisotopic (exact) mass is 718 g/mol. The number of nitrogens with one attached hydrogen (secondary N) is 3. The van der Waals surface area contributed by atoms with Crippen LogP contribution in [0.2, 0.25) is 10.0 Å². The molecule has 0 aliphatic carbocycles. The summed E-state index contributed by atoms with van der Waals surface area (Å²) in [6, 6.07) is 10.5. The molecule has 0 radical (unpaired) electrons. The van der Waals surface area contributed by atoms with Gasteiger partial charge in [0.2, 0.25) is 10.0 Å². The molecule has 16 heteroatoms. The normalized spacial score (nSPS) is 16.3. The number of fused-ring (bicyclic) bond motifs is 1. The van der Waals surface area contributed by atoms with Crippen LogP contribution in [-0.2, 0) is 40.4 Å². The van der Waals surface area contributed by atoms with Gasteiger partial charge >= 0.3 is 0 Å². The van der Waals surface area contributed by atoms with Gasteiger partial charge in [0.25, 0.3) is 11.8 Å². The standard InChI is InChI=1S/C31H44Cl2N4O9S/c1-3-8-34-30(40)28(38)29(39)31(41)35-9-11-44-13-15-46-16-14-45-12-10-36-47(42,43)23-6-4-21(5-7-23)25-19-37(2)20-26-24(25)17-22(32)18-27(26)33/h4-7,17-18,25,28-29,36,38-39H,3,8-16,19-20H2,1-2H3,(H,34,40)(H,35,41)/t25-,28+,29+/m0/s1. The molecule has 0 fully saturated rings. The van der Waals surface area contributed by atoms with Crippen LogP contribution in [0.4, 0.5) is 0 Å². The summed E-state index contributed by atoms with van der Waals surface area (Å²) in [5.41, 5.74) is 3.04. The fourth-order valence-electron chi connectivity index (χ4n) is 4.87. The number of hydrogen-bond donors (Lipinski definition) is 5. The van der Waals surface area contributed by atoms with E-state index in [4.69, 9.17) is 37.4 Å². The number of amides is 2. The van der Waals surface area contributed by atoms with E-state index in [1.54, 1.807) is 18.2 Å². The Bertz CT molecular complexity index is 1420. The number of nitrogens with zero attached hydrogens (tertiary/aromatic N) is 1. The van der Waals surface area contributed by atoms with Gasteiger partial charge in [-0.1, -0.05) is 42.3 Å². The maximum Gasteiger partial charge on any atom is 0.252 e. The Labute approximate surface area is 285 Å². The third kappa shape index (κ3) is 12.2. The second kappa shape index (κ2) is 19.6. The summed E-state index contributed by atoms with van der Waals surface area (Å²) in [7, 11) is -1.71. The first-order chi connectivity index (χ1) is 22.4. The van der Waals surface area contributed by atoms with Crippen molar-refractivity contribution >= 4 is 45.0 Å². The maximum atomic E-state index is 12.8. The number of benzene rings is 2. The van der Waals surface area contributed by atoms with Gasteiger partial charge in [0.15, 0.2) is 12.2 Å². The van der Waals surface area contributed by atoms with Crippen molar-refractivity contribution in [1.29, 1.82) is 0 Å². The molecule has 0 spiro atoms. The molecule has 0 aromatic heterocycles. The van der Waals surface area contributed by atoms with E-state index in [0.29, 0.717) is 29.6 Å². The van der Waals surface area contributed by atoms with Gasteiger partial charge in [-0.3, -0.25) is 9.59 Å². The Morgan fingerprint density at radius 3 is 2.04 bits per heavy atom. The summed E-state index contributed by atoms with van der Waals surface area (Å²) < 4.78 is 44.3. The first kappa shape index (κ1) is 39.1. The number of aliphatic hydroxyl groups is 2. The lowest BCUT2D eigenvalue weighted by atomic mass is 9.85. The second-order valence-corrected chi connectivity index (χ2v) is 13.6. The van der Waals surface area contributed by atoms with Crippen LogP contribution in [0.5, 0.6) is 0 Å². The van der Waals surface area contributed by atoms with Crippen LogP contribution in [0.1, 0.15) is 36.0 Å². The highest BCUT2D eigenvalue weighted by atomic mass is 35.5. The minimum atomic E-state index is -3.73. The number of sulfonamides is 1. The zero-order valence-corrected chi connectivity index (χ0v) is 28.9. The molecule has 2 aromatic rings. The van der Waals surface area contributed by atoms with Crippen molar-refractivity contribution in [3.63, 3.8) is 0 Å². The fraction of sp³-hybridized carbons (Fsp3) is 0.548. The molecule has 0 saturated carbocycles. The lowest BCUT2D eigenvalue weighted by Crippen LogP contribution is -2.50. The third-order valence-corrected chi connectivity index (χ3v) is 9.33. The van der Waals surface area contributed by atoms with Crippen molar-refractivity contribution < 1.29 is 42.4 Å². The van der Waals surface area contributed by atoms with E-state index in [-0.39, 0.29) is 63.5 Å². The summed E-state index contributed by atoms with van der Waals surface area (Å²) in [6.45, 7) is 5.11. The predicted molar refractivity (Wildman–Crippen MR) is 177 cm³/mol. The highest BCUT2D eigenvalue weighted by molar-refractivity contribution is 7.89. The van der Waals surface area contributed by atoms with Gasteiger partial charge in [-0.05, 0) is 54.4 Å². The van der Waals surface area contributed by atoms with Crippen LogP contribution < -0.4 is 15.4 Å². The SMILES string of the molecule is CCCNC(=O)[C@H](O)[C@@H](O)C(=O)NCCOCCOCCOCCNS(=O)(=O)c1ccc([C@@H]2CN(C)Cc3c(Cl)cc(Cl)cc32)cc1. The minimum absolute atomic E-state index is 0.00670. The van der Waals surface area contributed by atoms with Crippen molar-refractivity contribution in [1.82, 2.24) is 20.3 Å². The van der Waals surface area contributed by atoms with Gasteiger partial charge < -0.3 is 40.0 Å². The van der Waals surface area contributed by atoms with Gasteiger partial charge in [-0.2, -0.15) is 0 Å². The molecule has 1 aliphatic heterocycles. The van der Waals surface area contributed by atoms with E-state index in [9.17, 15) is 28.2 Å². The van der Waals surface area contributed by atoms with Crippen LogP contribution in [-0.4, -0.2) is 120 Å². The Hall–Kier alpha value is -2.37. The summed E-state index contributed by atoms with van der Waals surface area (Å²) in [5.74, 6) is -1.69. The van der Waals surface area contributed by atoms with Gasteiger partial charge in [0, 0.05) is 48.7 Å². The van der Waals surface area contributed by atoms with Gasteiger partial charge in [0.1, 0.15) is 0 Å². The fourth-order valence-corrected chi connectivity index (χ4v) is 6.46. The number of halogens is 2. The zero-order chi connectivity index (χ0) is 34.4. The van der Waals surface area contributed by atoms with Crippen molar-refractivity contribution in [3.8, 4) is 0 Å². The summed E-state index contributed by atoms with van der Waals surface area (Å²) in [6.07, 6.45) is -3.09. The zero-order valence-electron chi connectivity index (χ0n) is 26.5. The third-order valence-electron chi connectivity index (χ3n) is 7.30. The number of likely N-dealkylation sites (N-methyl/N-ethyl adjacent to an activating group) is 1. The summed E-state index contributed by atoms with van der Waals surface area (Å²) >= 11 is 12.7. The molecule has 2 amide bonds. The number of ether oxygens (including phenoxy) is 3. The molecule has 3 atom stereocenters. The smallest absolute Gasteiger partial charge is 0.252 e. The van der Waals surface area contributed by atoms with E-state index in [2.05, 4.69) is 20.3 Å². The van der Waals surface area contributed by atoms with Crippen molar-refractivity contribution in [2.45, 2.75) is 42.9 Å². The summed E-state index contributed by atoms with van der Waals surface area (Å²) in [4.78, 5) is 25.8. The molecule has 3 rings (SSSR count). The minimum Gasteiger partial charge on any atom is -0.380 e. The van der Waals surface area contributed by atoms with Gasteiger partial charge in [0.05, 0.1) is 44.5 Å². The Morgan fingerprint density at radius 2 is 1.45 bits per heavy atom. The largest absolute Gasteiger partial charge is 0.380 e. The van der Waals surface area contributed by atoms with Crippen LogP contribution >= 0.6 is 23.2 Å². The predicted octanol–water partition coefficient (Wildman–Crippen LogP) is 1.26. The van der Waals surface area contributed by atoms with E-state index in [1.165, 1.54) is 0 Å².